The minimum atomic E-state index is -1.19. The van der Waals surface area contributed by atoms with Crippen LogP contribution in [0.4, 0.5) is 0 Å². The van der Waals surface area contributed by atoms with Gasteiger partial charge >= 0.3 is 5.97 Å². The van der Waals surface area contributed by atoms with Gasteiger partial charge in [0.25, 0.3) is 5.91 Å². The van der Waals surface area contributed by atoms with Crippen molar-refractivity contribution in [3.63, 3.8) is 0 Å². The maximum absolute atomic E-state index is 12.8. The van der Waals surface area contributed by atoms with Gasteiger partial charge in [0.15, 0.2) is 0 Å². The third-order valence-electron chi connectivity index (χ3n) is 6.38. The van der Waals surface area contributed by atoms with E-state index in [-0.39, 0.29) is 24.4 Å². The molecular formula is C24H35ClN4O5. The lowest BCUT2D eigenvalue weighted by Gasteiger charge is -2.34. The van der Waals surface area contributed by atoms with Crippen molar-refractivity contribution in [1.29, 1.82) is 0 Å². The van der Waals surface area contributed by atoms with Crippen LogP contribution in [0.5, 0.6) is 0 Å². The first-order valence-corrected chi connectivity index (χ1v) is 11.8. The summed E-state index contributed by atoms with van der Waals surface area (Å²) >= 11 is 0. The Morgan fingerprint density at radius 3 is 2.47 bits per heavy atom. The molecule has 2 fully saturated rings. The van der Waals surface area contributed by atoms with Gasteiger partial charge in [0.1, 0.15) is 6.04 Å². The largest absolute Gasteiger partial charge is 0.481 e. The number of hydrogen-bond acceptors (Lipinski definition) is 5. The summed E-state index contributed by atoms with van der Waals surface area (Å²) in [5.74, 6) is -1.54. The molecule has 2 unspecified atom stereocenters. The molecule has 3 rings (SSSR count). The van der Waals surface area contributed by atoms with E-state index in [4.69, 9.17) is 0 Å². The number of carboxylic acid groups (broad SMARTS) is 1. The predicted molar refractivity (Wildman–Crippen MR) is 130 cm³/mol. The maximum atomic E-state index is 12.8. The fourth-order valence-corrected chi connectivity index (χ4v) is 4.49. The summed E-state index contributed by atoms with van der Waals surface area (Å²) in [4.78, 5) is 51.1. The molecule has 9 nitrogen and oxygen atoms in total. The number of nitrogens with one attached hydrogen (secondary N) is 3. The standard InChI is InChI=1S/C24H34N4O5.ClH/c29-21(9-8-17-10-12-25-13-11-17)28-14-4-7-19(16-28)26-24(33)20(15-22(30)31)27-23(32)18-5-2-1-3-6-18;/h1-3,5-6,17,19-20,25H,4,7-16H2,(H,26,33)(H,27,32)(H,30,31);1H. The molecule has 0 bridgehead atoms. The number of carboxylic acids is 1. The van der Waals surface area contributed by atoms with Gasteiger partial charge in [0.2, 0.25) is 11.8 Å². The molecular weight excluding hydrogens is 460 g/mol. The molecule has 0 saturated carbocycles. The van der Waals surface area contributed by atoms with E-state index in [1.165, 1.54) is 0 Å². The van der Waals surface area contributed by atoms with Crippen LogP contribution >= 0.6 is 12.4 Å². The number of nitrogens with zero attached hydrogens (tertiary/aromatic N) is 1. The Hall–Kier alpha value is -2.65. The van der Waals surface area contributed by atoms with Crippen molar-refractivity contribution in [3.8, 4) is 0 Å². The fraction of sp³-hybridized carbons (Fsp3) is 0.583. The van der Waals surface area contributed by atoms with Crippen LogP contribution in [-0.2, 0) is 14.4 Å². The van der Waals surface area contributed by atoms with Gasteiger partial charge in [-0.2, -0.15) is 0 Å². The zero-order chi connectivity index (χ0) is 23.6. The van der Waals surface area contributed by atoms with Crippen molar-refractivity contribution < 1.29 is 24.3 Å². The second-order valence-electron chi connectivity index (χ2n) is 8.91. The molecule has 10 heteroatoms. The molecule has 1 aromatic carbocycles. The molecule has 1 aromatic rings. The number of carbonyl (C=O) groups is 4. The Labute approximate surface area is 206 Å². The first kappa shape index (κ1) is 27.6. The fourth-order valence-electron chi connectivity index (χ4n) is 4.49. The molecule has 0 aliphatic carbocycles. The zero-order valence-corrected chi connectivity index (χ0v) is 20.1. The second kappa shape index (κ2) is 13.9. The van der Waals surface area contributed by atoms with E-state index in [9.17, 15) is 24.3 Å². The first-order valence-electron chi connectivity index (χ1n) is 11.8. The topological polar surface area (TPSA) is 128 Å². The van der Waals surface area contributed by atoms with Crippen LogP contribution in [-0.4, -0.2) is 72.0 Å². The van der Waals surface area contributed by atoms with Crippen molar-refractivity contribution >= 4 is 36.1 Å². The summed E-state index contributed by atoms with van der Waals surface area (Å²) in [5, 5.41) is 17.9. The van der Waals surface area contributed by atoms with Crippen molar-refractivity contribution in [2.24, 2.45) is 5.92 Å². The van der Waals surface area contributed by atoms with E-state index in [1.54, 1.807) is 35.2 Å². The molecule has 34 heavy (non-hydrogen) atoms. The lowest BCUT2D eigenvalue weighted by Crippen LogP contribution is -2.55. The molecule has 4 N–H and O–H groups in total. The molecule has 188 valence electrons. The van der Waals surface area contributed by atoms with Gasteiger partial charge < -0.3 is 26.0 Å². The Kier molecular flexibility index (Phi) is 11.3. The van der Waals surface area contributed by atoms with Crippen molar-refractivity contribution in [2.45, 2.75) is 57.0 Å². The number of piperidine rings is 2. The van der Waals surface area contributed by atoms with Gasteiger partial charge in [-0.15, -0.1) is 12.4 Å². The van der Waals surface area contributed by atoms with Crippen LogP contribution in [0.3, 0.4) is 0 Å². The Morgan fingerprint density at radius 1 is 1.09 bits per heavy atom. The van der Waals surface area contributed by atoms with Crippen LogP contribution in [0.15, 0.2) is 30.3 Å². The van der Waals surface area contributed by atoms with Gasteiger partial charge in [0.05, 0.1) is 6.42 Å². The van der Waals surface area contributed by atoms with Crippen molar-refractivity contribution in [1.82, 2.24) is 20.9 Å². The maximum Gasteiger partial charge on any atom is 0.305 e. The lowest BCUT2D eigenvalue weighted by molar-refractivity contribution is -0.140. The molecule has 0 radical (unpaired) electrons. The summed E-state index contributed by atoms with van der Waals surface area (Å²) in [7, 11) is 0. The summed E-state index contributed by atoms with van der Waals surface area (Å²) < 4.78 is 0. The van der Waals surface area contributed by atoms with Crippen LogP contribution in [0.2, 0.25) is 0 Å². The number of rotatable bonds is 9. The third kappa shape index (κ3) is 8.61. The van der Waals surface area contributed by atoms with Crippen LogP contribution in [0.25, 0.3) is 0 Å². The number of amides is 3. The summed E-state index contributed by atoms with van der Waals surface area (Å²) in [6, 6.07) is 6.89. The summed E-state index contributed by atoms with van der Waals surface area (Å²) in [6.45, 7) is 3.09. The number of carbonyl (C=O) groups excluding carboxylic acids is 3. The van der Waals surface area contributed by atoms with Gasteiger partial charge in [-0.3, -0.25) is 19.2 Å². The van der Waals surface area contributed by atoms with Gasteiger partial charge in [-0.05, 0) is 63.2 Å². The van der Waals surface area contributed by atoms with Crippen LogP contribution in [0, 0.1) is 5.92 Å². The molecule has 2 saturated heterocycles. The zero-order valence-electron chi connectivity index (χ0n) is 19.3. The number of benzene rings is 1. The van der Waals surface area contributed by atoms with Crippen molar-refractivity contribution in [3.05, 3.63) is 35.9 Å². The van der Waals surface area contributed by atoms with E-state index in [0.717, 1.165) is 38.8 Å². The molecule has 2 heterocycles. The van der Waals surface area contributed by atoms with Crippen LogP contribution < -0.4 is 16.0 Å². The van der Waals surface area contributed by atoms with E-state index in [1.807, 2.05) is 0 Å². The molecule has 2 aliphatic heterocycles. The highest BCUT2D eigenvalue weighted by Crippen LogP contribution is 2.20. The average molecular weight is 495 g/mol. The lowest BCUT2D eigenvalue weighted by atomic mass is 9.92. The van der Waals surface area contributed by atoms with Crippen molar-refractivity contribution in [2.75, 3.05) is 26.2 Å². The monoisotopic (exact) mass is 494 g/mol. The highest BCUT2D eigenvalue weighted by atomic mass is 35.5. The molecule has 2 atom stereocenters. The van der Waals surface area contributed by atoms with Gasteiger partial charge in [0, 0.05) is 31.1 Å². The smallest absolute Gasteiger partial charge is 0.305 e. The number of hydrogen-bond donors (Lipinski definition) is 4. The highest BCUT2D eigenvalue weighted by Gasteiger charge is 2.29. The van der Waals surface area contributed by atoms with E-state index < -0.39 is 30.2 Å². The predicted octanol–water partition coefficient (Wildman–Crippen LogP) is 1.57. The third-order valence-corrected chi connectivity index (χ3v) is 6.38. The van der Waals surface area contributed by atoms with Gasteiger partial charge in [-0.1, -0.05) is 18.2 Å². The molecule has 0 aromatic heterocycles. The van der Waals surface area contributed by atoms with E-state index in [0.29, 0.717) is 37.4 Å². The normalized spacial score (nSPS) is 19.4. The van der Waals surface area contributed by atoms with Crippen LogP contribution in [0.1, 0.15) is 55.3 Å². The minimum absolute atomic E-state index is 0. The minimum Gasteiger partial charge on any atom is -0.481 e. The first-order chi connectivity index (χ1) is 15.9. The summed E-state index contributed by atoms with van der Waals surface area (Å²) in [6.07, 6.45) is 4.56. The number of likely N-dealkylation sites (tertiary alicyclic amines) is 1. The Morgan fingerprint density at radius 2 is 1.79 bits per heavy atom. The summed E-state index contributed by atoms with van der Waals surface area (Å²) in [5.41, 5.74) is 0.351. The average Bonchev–Trinajstić information content (AvgIpc) is 2.83. The molecule has 3 amide bonds. The number of aliphatic carboxylic acids is 1. The SMILES string of the molecule is Cl.O=C(O)CC(NC(=O)c1ccccc1)C(=O)NC1CCCN(C(=O)CCC2CCNCC2)C1. The van der Waals surface area contributed by atoms with E-state index in [2.05, 4.69) is 16.0 Å². The Bertz CT molecular complexity index is 832. The second-order valence-corrected chi connectivity index (χ2v) is 8.91. The highest BCUT2D eigenvalue weighted by molar-refractivity contribution is 5.98. The molecule has 0 spiro atoms. The van der Waals surface area contributed by atoms with Gasteiger partial charge in [-0.25, -0.2) is 0 Å². The Balaban J connectivity index is 0.00000408. The molecule has 2 aliphatic rings. The quantitative estimate of drug-likeness (QED) is 0.412. The van der Waals surface area contributed by atoms with E-state index >= 15 is 0 Å². The number of halogens is 1.